The number of rotatable bonds is 3. The Labute approximate surface area is 113 Å². The average molecular weight is 342 g/mol. The van der Waals surface area contributed by atoms with Gasteiger partial charge in [-0.05, 0) is 51.9 Å². The first kappa shape index (κ1) is 12.5. The first-order valence-corrected chi connectivity index (χ1v) is 6.41. The first-order chi connectivity index (χ1) is 8.16. The number of aliphatic hydroxyl groups excluding tert-OH is 1. The van der Waals surface area contributed by atoms with E-state index in [0.29, 0.717) is 12.0 Å². The number of benzene rings is 2. The molecule has 0 spiro atoms. The molecule has 1 unspecified atom stereocenters. The summed E-state index contributed by atoms with van der Waals surface area (Å²) in [4.78, 5) is 0. The van der Waals surface area contributed by atoms with Crippen LogP contribution in [0.1, 0.15) is 17.2 Å². The molecule has 0 saturated carbocycles. The standard InChI is InChI=1S/C14H12FIO/c15-13-7-2-1-4-10(13)9-14(17)11-5-3-6-12(16)8-11/h1-8,14,17H,9H2. The SMILES string of the molecule is OC(Cc1ccccc1F)c1cccc(I)c1. The smallest absolute Gasteiger partial charge is 0.126 e. The van der Waals surface area contributed by atoms with Gasteiger partial charge in [0.1, 0.15) is 5.82 Å². The minimum absolute atomic E-state index is 0.267. The molecule has 3 heteroatoms. The summed E-state index contributed by atoms with van der Waals surface area (Å²) in [6.07, 6.45) is -0.367. The molecule has 0 saturated heterocycles. The Kier molecular flexibility index (Phi) is 4.12. The van der Waals surface area contributed by atoms with Crippen LogP contribution in [0.4, 0.5) is 4.39 Å². The van der Waals surface area contributed by atoms with E-state index in [4.69, 9.17) is 0 Å². The van der Waals surface area contributed by atoms with E-state index in [2.05, 4.69) is 22.6 Å². The third-order valence-electron chi connectivity index (χ3n) is 2.60. The van der Waals surface area contributed by atoms with Gasteiger partial charge in [-0.2, -0.15) is 0 Å². The van der Waals surface area contributed by atoms with E-state index in [9.17, 15) is 9.50 Å². The molecule has 0 amide bonds. The van der Waals surface area contributed by atoms with Crippen molar-refractivity contribution < 1.29 is 9.50 Å². The maximum absolute atomic E-state index is 13.4. The Morgan fingerprint density at radius 2 is 1.88 bits per heavy atom. The van der Waals surface area contributed by atoms with Crippen LogP contribution in [0.3, 0.4) is 0 Å². The Bertz CT molecular complexity index is 513. The van der Waals surface area contributed by atoms with Gasteiger partial charge in [0, 0.05) is 9.99 Å². The van der Waals surface area contributed by atoms with Crippen molar-refractivity contribution in [3.8, 4) is 0 Å². The molecule has 2 aromatic carbocycles. The lowest BCUT2D eigenvalue weighted by molar-refractivity contribution is 0.177. The van der Waals surface area contributed by atoms with Crippen molar-refractivity contribution in [2.24, 2.45) is 0 Å². The molecule has 1 atom stereocenters. The summed E-state index contributed by atoms with van der Waals surface area (Å²) >= 11 is 2.19. The van der Waals surface area contributed by atoms with Gasteiger partial charge in [-0.1, -0.05) is 30.3 Å². The Morgan fingerprint density at radius 3 is 2.59 bits per heavy atom. The minimum Gasteiger partial charge on any atom is -0.388 e. The molecule has 0 aliphatic rings. The van der Waals surface area contributed by atoms with Gasteiger partial charge < -0.3 is 5.11 Å². The van der Waals surface area contributed by atoms with Gasteiger partial charge in [0.2, 0.25) is 0 Å². The zero-order valence-corrected chi connectivity index (χ0v) is 11.3. The summed E-state index contributed by atoms with van der Waals surface area (Å²) < 4.78 is 14.5. The van der Waals surface area contributed by atoms with Crippen LogP contribution in [-0.4, -0.2) is 5.11 Å². The molecule has 2 rings (SSSR count). The van der Waals surface area contributed by atoms with Gasteiger partial charge in [-0.15, -0.1) is 0 Å². The number of hydrogen-bond donors (Lipinski definition) is 1. The second-order valence-corrected chi connectivity index (χ2v) is 5.11. The summed E-state index contributed by atoms with van der Waals surface area (Å²) in [5.74, 6) is -0.267. The van der Waals surface area contributed by atoms with E-state index in [-0.39, 0.29) is 5.82 Å². The van der Waals surface area contributed by atoms with Crippen LogP contribution in [0.15, 0.2) is 48.5 Å². The van der Waals surface area contributed by atoms with Crippen molar-refractivity contribution in [2.75, 3.05) is 0 Å². The van der Waals surface area contributed by atoms with E-state index < -0.39 is 6.10 Å². The third kappa shape index (κ3) is 3.26. The summed E-state index contributed by atoms with van der Waals surface area (Å²) in [7, 11) is 0. The summed E-state index contributed by atoms with van der Waals surface area (Å²) in [6.45, 7) is 0. The first-order valence-electron chi connectivity index (χ1n) is 5.34. The Hall–Kier alpha value is -0.940. The van der Waals surface area contributed by atoms with Crippen molar-refractivity contribution in [1.82, 2.24) is 0 Å². The van der Waals surface area contributed by atoms with Crippen LogP contribution in [0.2, 0.25) is 0 Å². The van der Waals surface area contributed by atoms with Crippen LogP contribution >= 0.6 is 22.6 Å². The average Bonchev–Trinajstić information content (AvgIpc) is 2.32. The Balaban J connectivity index is 2.17. The van der Waals surface area contributed by atoms with E-state index in [1.807, 2.05) is 24.3 Å². The molecule has 0 aromatic heterocycles. The topological polar surface area (TPSA) is 20.2 Å². The summed E-state index contributed by atoms with van der Waals surface area (Å²) in [5.41, 5.74) is 1.36. The van der Waals surface area contributed by atoms with Gasteiger partial charge in [0.15, 0.2) is 0 Å². The van der Waals surface area contributed by atoms with Gasteiger partial charge in [0.25, 0.3) is 0 Å². The van der Waals surface area contributed by atoms with E-state index in [1.54, 1.807) is 18.2 Å². The van der Waals surface area contributed by atoms with Crippen LogP contribution in [0.5, 0.6) is 0 Å². The number of hydrogen-bond acceptors (Lipinski definition) is 1. The van der Waals surface area contributed by atoms with E-state index in [1.165, 1.54) is 6.07 Å². The molecule has 0 heterocycles. The van der Waals surface area contributed by atoms with Gasteiger partial charge >= 0.3 is 0 Å². The van der Waals surface area contributed by atoms with Gasteiger partial charge in [-0.3, -0.25) is 0 Å². The van der Waals surface area contributed by atoms with Crippen LogP contribution in [0.25, 0.3) is 0 Å². The van der Waals surface area contributed by atoms with Crippen LogP contribution < -0.4 is 0 Å². The minimum atomic E-state index is -0.665. The quantitative estimate of drug-likeness (QED) is 0.844. The van der Waals surface area contributed by atoms with E-state index in [0.717, 1.165) is 9.13 Å². The number of halogens is 2. The predicted octanol–water partition coefficient (Wildman–Crippen LogP) is 3.71. The lowest BCUT2D eigenvalue weighted by Crippen LogP contribution is -2.03. The molecule has 2 aromatic rings. The normalized spacial score (nSPS) is 12.4. The van der Waals surface area contributed by atoms with Crippen LogP contribution in [0, 0.1) is 9.39 Å². The highest BCUT2D eigenvalue weighted by Gasteiger charge is 2.11. The molecule has 0 radical (unpaired) electrons. The maximum atomic E-state index is 13.4. The van der Waals surface area contributed by atoms with Crippen molar-refractivity contribution in [1.29, 1.82) is 0 Å². The van der Waals surface area contributed by atoms with Crippen LogP contribution in [-0.2, 0) is 6.42 Å². The van der Waals surface area contributed by atoms with Gasteiger partial charge in [-0.25, -0.2) is 4.39 Å². The summed E-state index contributed by atoms with van der Waals surface area (Å²) in [5, 5.41) is 10.1. The number of aliphatic hydroxyl groups is 1. The zero-order chi connectivity index (χ0) is 12.3. The van der Waals surface area contributed by atoms with Crippen molar-refractivity contribution >= 4 is 22.6 Å². The Morgan fingerprint density at radius 1 is 1.12 bits per heavy atom. The predicted molar refractivity (Wildman–Crippen MR) is 74.2 cm³/mol. The third-order valence-corrected chi connectivity index (χ3v) is 3.28. The maximum Gasteiger partial charge on any atom is 0.126 e. The lowest BCUT2D eigenvalue weighted by Gasteiger charge is -2.12. The molecule has 0 aliphatic carbocycles. The van der Waals surface area contributed by atoms with Gasteiger partial charge in [0.05, 0.1) is 6.10 Å². The van der Waals surface area contributed by atoms with Crippen molar-refractivity contribution in [3.63, 3.8) is 0 Å². The molecule has 88 valence electrons. The largest absolute Gasteiger partial charge is 0.388 e. The monoisotopic (exact) mass is 342 g/mol. The highest BCUT2D eigenvalue weighted by Crippen LogP contribution is 2.21. The fraction of sp³-hybridized carbons (Fsp3) is 0.143. The van der Waals surface area contributed by atoms with E-state index >= 15 is 0 Å². The molecular formula is C14H12FIO. The molecule has 17 heavy (non-hydrogen) atoms. The molecule has 0 fully saturated rings. The molecule has 0 aliphatic heterocycles. The second-order valence-electron chi connectivity index (χ2n) is 3.87. The lowest BCUT2D eigenvalue weighted by atomic mass is 10.0. The highest BCUT2D eigenvalue weighted by atomic mass is 127. The molecule has 1 N–H and O–H groups in total. The zero-order valence-electron chi connectivity index (χ0n) is 9.11. The highest BCUT2D eigenvalue weighted by molar-refractivity contribution is 14.1. The second kappa shape index (κ2) is 5.60. The fourth-order valence-electron chi connectivity index (χ4n) is 1.70. The fourth-order valence-corrected chi connectivity index (χ4v) is 2.27. The molecular weight excluding hydrogens is 330 g/mol. The molecule has 1 nitrogen and oxygen atoms in total. The van der Waals surface area contributed by atoms with Crippen molar-refractivity contribution in [3.05, 3.63) is 69.0 Å². The van der Waals surface area contributed by atoms with Crippen molar-refractivity contribution in [2.45, 2.75) is 12.5 Å². The molecule has 0 bridgehead atoms. The summed E-state index contributed by atoms with van der Waals surface area (Å²) in [6, 6.07) is 14.2.